The van der Waals surface area contributed by atoms with Gasteiger partial charge < -0.3 is 15.7 Å². The molecule has 1 saturated carbocycles. The van der Waals surface area contributed by atoms with Crippen molar-refractivity contribution in [3.8, 4) is 23.1 Å². The zero-order chi connectivity index (χ0) is 21.3. The Morgan fingerprint density at radius 3 is 2.80 bits per heavy atom. The molecule has 1 aromatic carbocycles. The van der Waals surface area contributed by atoms with Crippen molar-refractivity contribution < 1.29 is 14.7 Å². The van der Waals surface area contributed by atoms with E-state index < -0.39 is 16.9 Å². The smallest absolute Gasteiger partial charge is 0.285 e. The minimum atomic E-state index is -1.68. The third kappa shape index (κ3) is 2.34. The van der Waals surface area contributed by atoms with Gasteiger partial charge in [0.2, 0.25) is 11.4 Å². The van der Waals surface area contributed by atoms with Crippen LogP contribution in [0.3, 0.4) is 0 Å². The van der Waals surface area contributed by atoms with Gasteiger partial charge in [-0.05, 0) is 30.7 Å². The summed E-state index contributed by atoms with van der Waals surface area (Å²) in [5.41, 5.74) is 6.03. The van der Waals surface area contributed by atoms with Crippen LogP contribution in [0.15, 0.2) is 48.7 Å². The van der Waals surface area contributed by atoms with E-state index in [0.717, 1.165) is 17.5 Å². The molecule has 0 radical (unpaired) electrons. The largest absolute Gasteiger partial charge is 0.369 e. The molecule has 1 unspecified atom stereocenters. The van der Waals surface area contributed by atoms with E-state index in [0.29, 0.717) is 11.3 Å². The zero-order valence-corrected chi connectivity index (χ0v) is 16.6. The van der Waals surface area contributed by atoms with Crippen LogP contribution in [0, 0.1) is 17.3 Å². The number of primary amides is 1. The summed E-state index contributed by atoms with van der Waals surface area (Å²) in [4.78, 5) is 30.3. The van der Waals surface area contributed by atoms with Gasteiger partial charge >= 0.3 is 0 Å². The predicted octanol–water partition coefficient (Wildman–Crippen LogP) is 1.43. The van der Waals surface area contributed by atoms with Crippen molar-refractivity contribution in [2.75, 3.05) is 7.05 Å². The number of nitrogens with zero attached hydrogens (tertiary/aromatic N) is 3. The first-order valence-corrected chi connectivity index (χ1v) is 9.66. The molecule has 0 spiro atoms. The quantitative estimate of drug-likeness (QED) is 0.636. The fourth-order valence-corrected chi connectivity index (χ4v) is 4.46. The number of likely N-dealkylation sites (N-methyl/N-ethyl adjacent to an activating group) is 1. The molecule has 150 valence electrons. The number of likely N-dealkylation sites (tertiary alicyclic amines) is 1. The van der Waals surface area contributed by atoms with Crippen molar-refractivity contribution in [3.63, 3.8) is 0 Å². The van der Waals surface area contributed by atoms with Gasteiger partial charge in [0, 0.05) is 35.8 Å². The number of aliphatic hydroxyl groups is 1. The minimum absolute atomic E-state index is 0.0414. The second-order valence-electron chi connectivity index (χ2n) is 8.20. The number of hydrogen-bond acceptors (Lipinski definition) is 4. The molecular formula is C23H20N4O3. The van der Waals surface area contributed by atoms with Gasteiger partial charge in [-0.25, -0.2) is 4.98 Å². The molecule has 2 amide bonds. The van der Waals surface area contributed by atoms with E-state index in [9.17, 15) is 14.7 Å². The summed E-state index contributed by atoms with van der Waals surface area (Å²) >= 11 is 0. The zero-order valence-electron chi connectivity index (χ0n) is 16.6. The van der Waals surface area contributed by atoms with Crippen molar-refractivity contribution in [2.45, 2.75) is 25.0 Å². The normalized spacial score (nSPS) is 27.0. The molecule has 5 rings (SSSR count). The van der Waals surface area contributed by atoms with Crippen molar-refractivity contribution in [1.29, 1.82) is 0 Å². The number of nitrogens with two attached hydrogens (primary N) is 1. The number of fused-ring (bicyclic) bond motifs is 2. The number of aromatic nitrogens is 2. The first-order valence-electron chi connectivity index (χ1n) is 9.66. The van der Waals surface area contributed by atoms with Gasteiger partial charge in [-0.3, -0.25) is 14.0 Å². The highest BCUT2D eigenvalue weighted by atomic mass is 16.3. The highest BCUT2D eigenvalue weighted by Gasteiger charge is 2.74. The summed E-state index contributed by atoms with van der Waals surface area (Å²) in [5.74, 6) is 5.00. The van der Waals surface area contributed by atoms with E-state index in [1.807, 2.05) is 43.3 Å². The maximum Gasteiger partial charge on any atom is 0.285 e. The van der Waals surface area contributed by atoms with Crippen LogP contribution in [-0.4, -0.2) is 49.9 Å². The van der Waals surface area contributed by atoms with E-state index in [-0.39, 0.29) is 17.8 Å². The van der Waals surface area contributed by atoms with Crippen LogP contribution >= 0.6 is 0 Å². The summed E-state index contributed by atoms with van der Waals surface area (Å²) in [6, 6.07) is 12.9. The van der Waals surface area contributed by atoms with E-state index >= 15 is 0 Å². The lowest BCUT2D eigenvalue weighted by atomic mass is 9.87. The topological polar surface area (TPSA) is 101 Å². The summed E-state index contributed by atoms with van der Waals surface area (Å²) < 4.78 is 1.65. The Morgan fingerprint density at radius 2 is 2.10 bits per heavy atom. The van der Waals surface area contributed by atoms with E-state index in [1.165, 1.54) is 0 Å². The number of rotatable bonds is 2. The Labute approximate surface area is 173 Å². The van der Waals surface area contributed by atoms with Crippen LogP contribution in [0.25, 0.3) is 16.8 Å². The fraction of sp³-hybridized carbons (Fsp3) is 0.261. The van der Waals surface area contributed by atoms with Crippen molar-refractivity contribution in [1.82, 2.24) is 14.3 Å². The van der Waals surface area contributed by atoms with Crippen LogP contribution in [0.2, 0.25) is 0 Å². The van der Waals surface area contributed by atoms with Crippen molar-refractivity contribution in [2.24, 2.45) is 11.1 Å². The number of benzene rings is 1. The summed E-state index contributed by atoms with van der Waals surface area (Å²) in [7, 11) is 1.71. The molecular weight excluding hydrogens is 380 g/mol. The molecule has 3 atom stereocenters. The minimum Gasteiger partial charge on any atom is -0.369 e. The third-order valence-electron chi connectivity index (χ3n) is 6.41. The van der Waals surface area contributed by atoms with E-state index in [1.54, 1.807) is 28.6 Å². The Hall–Kier alpha value is -3.63. The Balaban J connectivity index is 1.57. The van der Waals surface area contributed by atoms with Crippen LogP contribution < -0.4 is 5.73 Å². The molecule has 1 aliphatic heterocycles. The standard InChI is InChI=1S/C23H20N4O3/c1-22-13-17(22)26(2)21(29)23(22,30)10-9-14-6-5-7-15(12-14)18-16-8-3-4-11-27(16)20(25-18)19(24)28/h3-8,11-12,17,30H,13H2,1-2H3,(H2,24,28)/t17-,22?,23-/m1/s1. The van der Waals surface area contributed by atoms with Crippen LogP contribution in [0.1, 0.15) is 29.5 Å². The number of pyridine rings is 1. The van der Waals surface area contributed by atoms with Crippen LogP contribution in [0.5, 0.6) is 0 Å². The van der Waals surface area contributed by atoms with Crippen molar-refractivity contribution in [3.05, 3.63) is 60.0 Å². The van der Waals surface area contributed by atoms with Crippen LogP contribution in [-0.2, 0) is 4.79 Å². The molecule has 30 heavy (non-hydrogen) atoms. The van der Waals surface area contributed by atoms with Gasteiger partial charge in [-0.1, -0.05) is 37.0 Å². The monoisotopic (exact) mass is 400 g/mol. The van der Waals surface area contributed by atoms with Crippen molar-refractivity contribution >= 4 is 17.3 Å². The lowest BCUT2D eigenvalue weighted by molar-refractivity contribution is -0.142. The number of imidazole rings is 1. The lowest BCUT2D eigenvalue weighted by Gasteiger charge is -2.23. The average Bonchev–Trinajstić information content (AvgIpc) is 3.25. The summed E-state index contributed by atoms with van der Waals surface area (Å²) in [6.07, 6.45) is 2.48. The number of carbonyl (C=O) groups is 2. The van der Waals surface area contributed by atoms with Crippen LogP contribution in [0.4, 0.5) is 0 Å². The SMILES string of the molecule is CN1C(=O)[C@](O)(C#Cc2cccc(-c3nc(C(N)=O)n4ccccc34)c2)C2(C)C[C@@H]12. The third-order valence-corrected chi connectivity index (χ3v) is 6.41. The molecule has 7 heteroatoms. The predicted molar refractivity (Wildman–Crippen MR) is 110 cm³/mol. The highest BCUT2D eigenvalue weighted by molar-refractivity contribution is 5.95. The maximum absolute atomic E-state index is 12.5. The number of piperidine rings is 1. The Bertz CT molecular complexity index is 1300. The summed E-state index contributed by atoms with van der Waals surface area (Å²) in [6.45, 7) is 1.90. The van der Waals surface area contributed by atoms with E-state index in [4.69, 9.17) is 5.73 Å². The number of carbonyl (C=O) groups excluding carboxylic acids is 2. The first-order chi connectivity index (χ1) is 14.3. The molecule has 3 N–H and O–H groups in total. The molecule has 1 saturated heterocycles. The Kier molecular flexibility index (Phi) is 3.64. The molecule has 1 aliphatic carbocycles. The summed E-state index contributed by atoms with van der Waals surface area (Å²) in [5, 5.41) is 11.0. The number of amides is 2. The van der Waals surface area contributed by atoms with Gasteiger partial charge in [0.1, 0.15) is 0 Å². The Morgan fingerprint density at radius 1 is 1.30 bits per heavy atom. The van der Waals surface area contributed by atoms with Gasteiger partial charge in [-0.2, -0.15) is 0 Å². The fourth-order valence-electron chi connectivity index (χ4n) is 4.46. The molecule has 2 fully saturated rings. The number of hydrogen-bond donors (Lipinski definition) is 2. The second kappa shape index (κ2) is 5.94. The first kappa shape index (κ1) is 18.4. The molecule has 2 aliphatic rings. The molecule has 7 nitrogen and oxygen atoms in total. The van der Waals surface area contributed by atoms with Gasteiger partial charge in [0.25, 0.3) is 11.8 Å². The molecule has 3 heterocycles. The van der Waals surface area contributed by atoms with E-state index in [2.05, 4.69) is 16.8 Å². The highest BCUT2D eigenvalue weighted by Crippen LogP contribution is 2.61. The molecule has 3 aromatic rings. The molecule has 0 bridgehead atoms. The molecule has 2 aromatic heterocycles. The second-order valence-corrected chi connectivity index (χ2v) is 8.20. The lowest BCUT2D eigenvalue weighted by Crippen LogP contribution is -2.45. The average molecular weight is 400 g/mol. The van der Waals surface area contributed by atoms with Gasteiger partial charge in [0.15, 0.2) is 0 Å². The maximum atomic E-state index is 12.5. The van der Waals surface area contributed by atoms with Gasteiger partial charge in [0.05, 0.1) is 11.2 Å². The van der Waals surface area contributed by atoms with Gasteiger partial charge in [-0.15, -0.1) is 0 Å².